The standard InChI is InChI=1S/C16H28N2O3Si/c1-19-10-21-13-9-11(17)16(15(13)18)22(3,4)14-8-6-5-7-12(14)20-2/h5-8,11,13,15-16H,9-10,17-18H2,1-4H3/t11-,13-,15+,16+/m1/s1. The molecule has 1 saturated carbocycles. The van der Waals surface area contributed by atoms with Crippen LogP contribution in [0.15, 0.2) is 24.3 Å². The van der Waals surface area contributed by atoms with Crippen molar-refractivity contribution in [2.45, 2.75) is 43.2 Å². The zero-order valence-corrected chi connectivity index (χ0v) is 14.9. The summed E-state index contributed by atoms with van der Waals surface area (Å²) in [5.74, 6) is 0.930. The van der Waals surface area contributed by atoms with E-state index >= 15 is 0 Å². The SMILES string of the molecule is COCO[C@@H]1C[C@@H](N)[C@H]([Si](C)(C)c2ccccc2OC)[C@H]1N. The fraction of sp³-hybridized carbons (Fsp3) is 0.625. The molecule has 4 N–H and O–H groups in total. The van der Waals surface area contributed by atoms with E-state index in [0.29, 0.717) is 0 Å². The molecule has 22 heavy (non-hydrogen) atoms. The quantitative estimate of drug-likeness (QED) is 0.603. The summed E-state index contributed by atoms with van der Waals surface area (Å²) in [6, 6.07) is 8.17. The maximum Gasteiger partial charge on any atom is 0.146 e. The molecule has 0 radical (unpaired) electrons. The number of hydrogen-bond donors (Lipinski definition) is 2. The summed E-state index contributed by atoms with van der Waals surface area (Å²) in [6.07, 6.45) is 0.738. The largest absolute Gasteiger partial charge is 0.497 e. The van der Waals surface area contributed by atoms with Gasteiger partial charge in [-0.2, -0.15) is 0 Å². The molecule has 0 amide bonds. The van der Waals surface area contributed by atoms with Gasteiger partial charge in [0.2, 0.25) is 0 Å². The van der Waals surface area contributed by atoms with Crippen LogP contribution in [0.1, 0.15) is 6.42 Å². The van der Waals surface area contributed by atoms with Gasteiger partial charge in [0.05, 0.1) is 21.3 Å². The molecular weight excluding hydrogens is 296 g/mol. The van der Waals surface area contributed by atoms with Crippen molar-refractivity contribution in [1.82, 2.24) is 0 Å². The van der Waals surface area contributed by atoms with Crippen molar-refractivity contribution in [2.24, 2.45) is 11.5 Å². The first-order chi connectivity index (χ1) is 10.4. The lowest BCUT2D eigenvalue weighted by molar-refractivity contribution is -0.0735. The number of nitrogens with two attached hydrogens (primary N) is 2. The molecule has 2 rings (SSSR count). The van der Waals surface area contributed by atoms with Crippen molar-refractivity contribution in [2.75, 3.05) is 21.0 Å². The third kappa shape index (κ3) is 3.21. The van der Waals surface area contributed by atoms with Gasteiger partial charge in [0.1, 0.15) is 12.5 Å². The molecule has 124 valence electrons. The van der Waals surface area contributed by atoms with Crippen molar-refractivity contribution in [3.05, 3.63) is 24.3 Å². The van der Waals surface area contributed by atoms with Crippen molar-refractivity contribution < 1.29 is 14.2 Å². The van der Waals surface area contributed by atoms with Crippen LogP contribution in [0.5, 0.6) is 5.75 Å². The van der Waals surface area contributed by atoms with E-state index in [4.69, 9.17) is 25.7 Å². The number of benzene rings is 1. The van der Waals surface area contributed by atoms with E-state index in [-0.39, 0.29) is 30.5 Å². The molecule has 0 aliphatic heterocycles. The predicted molar refractivity (Wildman–Crippen MR) is 91.2 cm³/mol. The Labute approximate surface area is 133 Å². The Kier molecular flexibility index (Phi) is 5.63. The minimum Gasteiger partial charge on any atom is -0.497 e. The number of methoxy groups -OCH3 is 2. The smallest absolute Gasteiger partial charge is 0.146 e. The Morgan fingerprint density at radius 3 is 2.50 bits per heavy atom. The summed E-state index contributed by atoms with van der Waals surface area (Å²) in [7, 11) is 1.41. The van der Waals surface area contributed by atoms with E-state index in [2.05, 4.69) is 25.2 Å². The average molecular weight is 324 g/mol. The number of para-hydroxylation sites is 1. The van der Waals surface area contributed by atoms with Gasteiger partial charge in [0, 0.05) is 19.2 Å². The molecule has 0 heterocycles. The van der Waals surface area contributed by atoms with Crippen molar-refractivity contribution in [3.63, 3.8) is 0 Å². The second-order valence-corrected chi connectivity index (χ2v) is 11.2. The van der Waals surface area contributed by atoms with Crippen LogP contribution in [-0.2, 0) is 9.47 Å². The van der Waals surface area contributed by atoms with Gasteiger partial charge in [-0.15, -0.1) is 0 Å². The van der Waals surface area contributed by atoms with Gasteiger partial charge < -0.3 is 25.7 Å². The van der Waals surface area contributed by atoms with Crippen LogP contribution in [0.4, 0.5) is 0 Å². The molecule has 4 atom stereocenters. The van der Waals surface area contributed by atoms with Gasteiger partial charge >= 0.3 is 0 Å². The van der Waals surface area contributed by atoms with E-state index in [9.17, 15) is 0 Å². The normalized spacial score (nSPS) is 28.8. The van der Waals surface area contributed by atoms with Crippen LogP contribution in [0, 0.1) is 0 Å². The topological polar surface area (TPSA) is 79.7 Å². The zero-order chi connectivity index (χ0) is 16.3. The van der Waals surface area contributed by atoms with E-state index in [1.54, 1.807) is 14.2 Å². The van der Waals surface area contributed by atoms with Crippen LogP contribution >= 0.6 is 0 Å². The third-order valence-corrected chi connectivity index (χ3v) is 9.13. The zero-order valence-electron chi connectivity index (χ0n) is 13.9. The summed E-state index contributed by atoms with van der Waals surface area (Å²) in [6.45, 7) is 4.89. The highest BCUT2D eigenvalue weighted by atomic mass is 28.3. The van der Waals surface area contributed by atoms with Crippen molar-refractivity contribution in [3.8, 4) is 5.75 Å². The number of rotatable bonds is 6. The minimum atomic E-state index is -1.91. The van der Waals surface area contributed by atoms with Gasteiger partial charge in [-0.05, 0) is 23.2 Å². The highest BCUT2D eigenvalue weighted by Crippen LogP contribution is 2.39. The predicted octanol–water partition coefficient (Wildman–Crippen LogP) is 1.03. The van der Waals surface area contributed by atoms with E-state index in [1.807, 2.05) is 12.1 Å². The van der Waals surface area contributed by atoms with Crippen LogP contribution in [0.2, 0.25) is 18.6 Å². The lowest BCUT2D eigenvalue weighted by Crippen LogP contribution is -2.56. The van der Waals surface area contributed by atoms with E-state index in [1.165, 1.54) is 5.19 Å². The molecule has 1 aliphatic rings. The molecular formula is C16H28N2O3Si. The fourth-order valence-electron chi connectivity index (χ4n) is 3.80. The summed E-state index contributed by atoms with van der Waals surface area (Å²) < 4.78 is 16.3. The Morgan fingerprint density at radius 1 is 1.18 bits per heavy atom. The average Bonchev–Trinajstić information content (AvgIpc) is 2.79. The molecule has 6 heteroatoms. The minimum absolute atomic E-state index is 0.0403. The van der Waals surface area contributed by atoms with Crippen LogP contribution < -0.4 is 21.4 Å². The summed E-state index contributed by atoms with van der Waals surface area (Å²) in [5, 5.41) is 1.26. The first-order valence-corrected chi connectivity index (χ1v) is 10.8. The second-order valence-electron chi connectivity index (χ2n) is 6.54. The Hall–Kier alpha value is -0.923. The molecule has 1 aromatic carbocycles. The molecule has 0 unspecified atom stereocenters. The van der Waals surface area contributed by atoms with Gasteiger partial charge in [0.15, 0.2) is 0 Å². The summed E-state index contributed by atoms with van der Waals surface area (Å²) >= 11 is 0. The maximum atomic E-state index is 6.50. The van der Waals surface area contributed by atoms with Gasteiger partial charge in [-0.25, -0.2) is 0 Å². The van der Waals surface area contributed by atoms with E-state index in [0.717, 1.165) is 12.2 Å². The van der Waals surface area contributed by atoms with E-state index < -0.39 is 8.07 Å². The lowest BCUT2D eigenvalue weighted by Gasteiger charge is -2.36. The Morgan fingerprint density at radius 2 is 1.86 bits per heavy atom. The third-order valence-electron chi connectivity index (χ3n) is 4.84. The second kappa shape index (κ2) is 7.10. The summed E-state index contributed by atoms with van der Waals surface area (Å²) in [4.78, 5) is 0. The van der Waals surface area contributed by atoms with Gasteiger partial charge in [-0.1, -0.05) is 31.3 Å². The highest BCUT2D eigenvalue weighted by molar-refractivity contribution is 6.92. The molecule has 1 fully saturated rings. The van der Waals surface area contributed by atoms with Crippen molar-refractivity contribution in [1.29, 1.82) is 0 Å². The molecule has 1 aromatic rings. The molecule has 0 bridgehead atoms. The lowest BCUT2D eigenvalue weighted by atomic mass is 10.2. The molecule has 0 spiro atoms. The molecule has 0 saturated heterocycles. The molecule has 5 nitrogen and oxygen atoms in total. The van der Waals surface area contributed by atoms with Crippen molar-refractivity contribution >= 4 is 13.3 Å². The van der Waals surface area contributed by atoms with Gasteiger partial charge in [-0.3, -0.25) is 0 Å². The Balaban J connectivity index is 2.28. The maximum absolute atomic E-state index is 6.50. The molecule has 1 aliphatic carbocycles. The highest BCUT2D eigenvalue weighted by Gasteiger charge is 2.50. The van der Waals surface area contributed by atoms with Crippen LogP contribution in [-0.4, -0.2) is 47.3 Å². The Bertz CT molecular complexity index is 498. The van der Waals surface area contributed by atoms with Gasteiger partial charge in [0.25, 0.3) is 0 Å². The molecule has 0 aromatic heterocycles. The fourth-order valence-corrected chi connectivity index (χ4v) is 7.88. The van der Waals surface area contributed by atoms with Crippen LogP contribution in [0.3, 0.4) is 0 Å². The number of ether oxygens (including phenoxy) is 3. The summed E-state index contributed by atoms with van der Waals surface area (Å²) in [5.41, 5.74) is 13.2. The monoisotopic (exact) mass is 324 g/mol. The first kappa shape index (κ1) is 17.4. The number of hydrogen-bond acceptors (Lipinski definition) is 5. The van der Waals surface area contributed by atoms with Crippen LogP contribution in [0.25, 0.3) is 0 Å². The first-order valence-electron chi connectivity index (χ1n) is 7.68.